The molecule has 1 aromatic carbocycles. The van der Waals surface area contributed by atoms with E-state index in [9.17, 15) is 9.59 Å². The molecule has 1 atom stereocenters. The lowest BCUT2D eigenvalue weighted by molar-refractivity contribution is -0.122. The van der Waals surface area contributed by atoms with Gasteiger partial charge in [-0.05, 0) is 76.8 Å². The molecule has 0 aliphatic carbocycles. The number of nitrogens with one attached hydrogen (secondary N) is 1. The molecular formula is C27H36N6O2. The number of fused-ring (bicyclic) bond motifs is 1. The molecule has 0 radical (unpaired) electrons. The number of nitrogens with zero attached hydrogens (tertiary/aromatic N) is 4. The molecule has 2 aromatic heterocycles. The average molecular weight is 477 g/mol. The zero-order valence-electron chi connectivity index (χ0n) is 21.6. The van der Waals surface area contributed by atoms with Gasteiger partial charge in [-0.25, -0.2) is 9.67 Å². The molecule has 1 aliphatic rings. The third-order valence-electron chi connectivity index (χ3n) is 6.57. The van der Waals surface area contributed by atoms with E-state index in [0.29, 0.717) is 17.8 Å². The first-order chi connectivity index (χ1) is 16.5. The van der Waals surface area contributed by atoms with E-state index in [1.807, 2.05) is 41.9 Å². The van der Waals surface area contributed by atoms with Crippen molar-refractivity contribution in [3.63, 3.8) is 0 Å². The Balaban J connectivity index is 1.66. The Morgan fingerprint density at radius 3 is 2.63 bits per heavy atom. The molecule has 1 saturated heterocycles. The van der Waals surface area contributed by atoms with Gasteiger partial charge in [0.2, 0.25) is 5.91 Å². The maximum atomic E-state index is 13.6. The van der Waals surface area contributed by atoms with Crippen LogP contribution in [0.2, 0.25) is 0 Å². The minimum Gasteiger partial charge on any atom is -0.368 e. The lowest BCUT2D eigenvalue weighted by atomic mass is 10.0. The molecule has 3 heterocycles. The van der Waals surface area contributed by atoms with Crippen LogP contribution >= 0.6 is 0 Å². The van der Waals surface area contributed by atoms with Gasteiger partial charge in [0.1, 0.15) is 0 Å². The lowest BCUT2D eigenvalue weighted by Gasteiger charge is -2.22. The number of benzene rings is 1. The van der Waals surface area contributed by atoms with Crippen LogP contribution in [-0.2, 0) is 16.9 Å². The highest BCUT2D eigenvalue weighted by Gasteiger charge is 2.29. The van der Waals surface area contributed by atoms with Crippen LogP contribution in [0.4, 0.5) is 5.69 Å². The summed E-state index contributed by atoms with van der Waals surface area (Å²) in [6.07, 6.45) is 1.76. The van der Waals surface area contributed by atoms with Gasteiger partial charge in [-0.15, -0.1) is 0 Å². The summed E-state index contributed by atoms with van der Waals surface area (Å²) in [5.41, 5.74) is 9.97. The van der Waals surface area contributed by atoms with E-state index in [2.05, 4.69) is 44.8 Å². The minimum absolute atomic E-state index is 0.163. The van der Waals surface area contributed by atoms with Gasteiger partial charge in [-0.1, -0.05) is 26.0 Å². The molecule has 0 spiro atoms. The molecule has 0 bridgehead atoms. The van der Waals surface area contributed by atoms with Gasteiger partial charge in [-0.3, -0.25) is 14.5 Å². The molecule has 2 amide bonds. The summed E-state index contributed by atoms with van der Waals surface area (Å²) in [6.45, 7) is 13.8. The summed E-state index contributed by atoms with van der Waals surface area (Å²) >= 11 is 0. The first-order valence-electron chi connectivity index (χ1n) is 12.3. The van der Waals surface area contributed by atoms with E-state index in [4.69, 9.17) is 15.8 Å². The number of nitrogens with two attached hydrogens (primary N) is 1. The largest absolute Gasteiger partial charge is 0.368 e. The van der Waals surface area contributed by atoms with Crippen LogP contribution in [0.5, 0.6) is 0 Å². The maximum Gasteiger partial charge on any atom is 0.256 e. The number of anilines is 1. The molecule has 186 valence electrons. The summed E-state index contributed by atoms with van der Waals surface area (Å²) in [4.78, 5) is 32.3. The van der Waals surface area contributed by atoms with Gasteiger partial charge in [0.15, 0.2) is 5.65 Å². The summed E-state index contributed by atoms with van der Waals surface area (Å²) in [6, 6.07) is 9.42. The number of likely N-dealkylation sites (tertiary alicyclic amines) is 1. The molecule has 1 unspecified atom stereocenters. The topological polar surface area (TPSA) is 106 Å². The monoisotopic (exact) mass is 476 g/mol. The number of primary amides is 1. The Labute approximate surface area is 206 Å². The second-order valence-corrected chi connectivity index (χ2v) is 10.8. The third kappa shape index (κ3) is 5.07. The highest BCUT2D eigenvalue weighted by atomic mass is 16.2. The predicted molar refractivity (Wildman–Crippen MR) is 138 cm³/mol. The standard InChI is InChI=1S/C27H36N6O2/c1-16(2)21-14-20(23-17(3)31-33(25(23)30-21)27(4,5)6)26(35)29-19-10-7-9-18(13-19)15-32-12-8-11-22(32)24(28)34/h7,9-10,13-14,16,22H,8,11-12,15H2,1-6H3,(H2,28,34)(H,29,35). The molecule has 8 heteroatoms. The lowest BCUT2D eigenvalue weighted by Crippen LogP contribution is -2.39. The first kappa shape index (κ1) is 24.9. The molecule has 35 heavy (non-hydrogen) atoms. The number of pyridine rings is 1. The van der Waals surface area contributed by atoms with Crippen molar-refractivity contribution in [2.75, 3.05) is 11.9 Å². The summed E-state index contributed by atoms with van der Waals surface area (Å²) < 4.78 is 1.91. The van der Waals surface area contributed by atoms with E-state index < -0.39 is 0 Å². The second kappa shape index (κ2) is 9.41. The first-order valence-corrected chi connectivity index (χ1v) is 12.3. The Kier molecular flexibility index (Phi) is 6.68. The summed E-state index contributed by atoms with van der Waals surface area (Å²) in [7, 11) is 0. The third-order valence-corrected chi connectivity index (χ3v) is 6.57. The molecule has 3 aromatic rings. The number of aryl methyl sites for hydroxylation is 1. The maximum absolute atomic E-state index is 13.6. The number of amides is 2. The summed E-state index contributed by atoms with van der Waals surface area (Å²) in [5.74, 6) is -0.304. The number of hydrogen-bond acceptors (Lipinski definition) is 5. The van der Waals surface area contributed by atoms with Crippen molar-refractivity contribution in [2.45, 2.75) is 78.4 Å². The zero-order chi connectivity index (χ0) is 25.5. The predicted octanol–water partition coefficient (Wildman–Crippen LogP) is 4.32. The van der Waals surface area contributed by atoms with Gasteiger partial charge in [-0.2, -0.15) is 5.10 Å². The normalized spacial score (nSPS) is 16.8. The Hall–Kier alpha value is -3.26. The fraction of sp³-hybridized carbons (Fsp3) is 0.481. The molecule has 1 aliphatic heterocycles. The van der Waals surface area contributed by atoms with Gasteiger partial charge in [0, 0.05) is 17.9 Å². The molecule has 4 rings (SSSR count). The van der Waals surface area contributed by atoms with Crippen LogP contribution in [0.1, 0.15) is 80.7 Å². The minimum atomic E-state index is -0.277. The van der Waals surface area contributed by atoms with Crippen LogP contribution in [0.3, 0.4) is 0 Å². The van der Waals surface area contributed by atoms with Crippen LogP contribution in [0.15, 0.2) is 30.3 Å². The van der Waals surface area contributed by atoms with E-state index in [1.165, 1.54) is 0 Å². The number of rotatable bonds is 6. The SMILES string of the molecule is Cc1nn(C(C)(C)C)c2nc(C(C)C)cc(C(=O)Nc3cccc(CN4CCCC4C(N)=O)c3)c12. The number of carbonyl (C=O) groups excluding carboxylic acids is 2. The van der Waals surface area contributed by atoms with E-state index >= 15 is 0 Å². The highest BCUT2D eigenvalue weighted by Crippen LogP contribution is 2.29. The van der Waals surface area contributed by atoms with Crippen LogP contribution in [-0.4, -0.2) is 44.1 Å². The Bertz CT molecular complexity index is 1270. The number of carbonyl (C=O) groups is 2. The molecule has 0 saturated carbocycles. The number of hydrogen-bond donors (Lipinski definition) is 2. The molecule has 8 nitrogen and oxygen atoms in total. The highest BCUT2D eigenvalue weighted by molar-refractivity contribution is 6.12. The number of aromatic nitrogens is 3. The van der Waals surface area contributed by atoms with Crippen LogP contribution in [0, 0.1) is 6.92 Å². The molecular weight excluding hydrogens is 440 g/mol. The van der Waals surface area contributed by atoms with E-state index in [0.717, 1.165) is 47.4 Å². The smallest absolute Gasteiger partial charge is 0.256 e. The molecule has 3 N–H and O–H groups in total. The van der Waals surface area contributed by atoms with Crippen LogP contribution < -0.4 is 11.1 Å². The Morgan fingerprint density at radius 1 is 1.23 bits per heavy atom. The van der Waals surface area contributed by atoms with Gasteiger partial charge in [0.05, 0.1) is 28.2 Å². The van der Waals surface area contributed by atoms with Crippen molar-refractivity contribution in [1.82, 2.24) is 19.7 Å². The van der Waals surface area contributed by atoms with Crippen molar-refractivity contribution in [2.24, 2.45) is 5.73 Å². The van der Waals surface area contributed by atoms with Crippen molar-refractivity contribution < 1.29 is 9.59 Å². The van der Waals surface area contributed by atoms with Crippen molar-refractivity contribution in [3.05, 3.63) is 52.8 Å². The van der Waals surface area contributed by atoms with Gasteiger partial charge in [0.25, 0.3) is 5.91 Å². The van der Waals surface area contributed by atoms with E-state index in [1.54, 1.807) is 0 Å². The van der Waals surface area contributed by atoms with Crippen LogP contribution in [0.25, 0.3) is 11.0 Å². The van der Waals surface area contributed by atoms with Gasteiger partial charge >= 0.3 is 0 Å². The average Bonchev–Trinajstić information content (AvgIpc) is 3.37. The molecule has 1 fully saturated rings. The second-order valence-electron chi connectivity index (χ2n) is 10.8. The fourth-order valence-electron chi connectivity index (χ4n) is 4.77. The summed E-state index contributed by atoms with van der Waals surface area (Å²) in [5, 5.41) is 8.59. The van der Waals surface area contributed by atoms with Crippen molar-refractivity contribution >= 4 is 28.5 Å². The van der Waals surface area contributed by atoms with Gasteiger partial charge < -0.3 is 11.1 Å². The van der Waals surface area contributed by atoms with Crippen molar-refractivity contribution in [1.29, 1.82) is 0 Å². The van der Waals surface area contributed by atoms with E-state index in [-0.39, 0.29) is 29.3 Å². The fourth-order valence-corrected chi connectivity index (χ4v) is 4.77. The quantitative estimate of drug-likeness (QED) is 0.551. The Morgan fingerprint density at radius 2 is 1.97 bits per heavy atom. The van der Waals surface area contributed by atoms with Crippen molar-refractivity contribution in [3.8, 4) is 0 Å². The zero-order valence-corrected chi connectivity index (χ0v) is 21.6.